The highest BCUT2D eigenvalue weighted by Gasteiger charge is 2.24. The van der Waals surface area contributed by atoms with Crippen LogP contribution in [0.2, 0.25) is 5.02 Å². The number of aryl methyl sites for hydroxylation is 2. The number of anilines is 1. The maximum absolute atomic E-state index is 13.3. The molecule has 2 aromatic heterocycles. The largest absolute Gasteiger partial charge is 0.322 e. The fraction of sp³-hybridized carbons (Fsp3) is 0.130. The van der Waals surface area contributed by atoms with Crippen molar-refractivity contribution in [3.8, 4) is 11.5 Å². The van der Waals surface area contributed by atoms with Crippen LogP contribution in [0, 0.1) is 20.8 Å². The predicted octanol–water partition coefficient (Wildman–Crippen LogP) is 5.49. The Labute approximate surface area is 174 Å². The average molecular weight is 405 g/mol. The van der Waals surface area contributed by atoms with Crippen LogP contribution in [-0.2, 0) is 0 Å². The van der Waals surface area contributed by atoms with E-state index in [4.69, 9.17) is 11.6 Å². The Morgan fingerprint density at radius 1 is 0.966 bits per heavy atom. The van der Waals surface area contributed by atoms with Crippen LogP contribution in [0.3, 0.4) is 0 Å². The van der Waals surface area contributed by atoms with Crippen molar-refractivity contribution in [3.63, 3.8) is 0 Å². The van der Waals surface area contributed by atoms with E-state index in [0.29, 0.717) is 27.8 Å². The number of carbonyl (C=O) groups excluding carboxylic acids is 1. The first-order valence-corrected chi connectivity index (χ1v) is 9.70. The van der Waals surface area contributed by atoms with Crippen molar-refractivity contribution in [2.24, 2.45) is 0 Å². The summed E-state index contributed by atoms with van der Waals surface area (Å²) in [5.74, 6) is 0.462. The lowest BCUT2D eigenvalue weighted by molar-refractivity contribution is 0.102. The van der Waals surface area contributed by atoms with Gasteiger partial charge in [0.1, 0.15) is 5.56 Å². The third kappa shape index (κ3) is 3.57. The summed E-state index contributed by atoms with van der Waals surface area (Å²) in [6.07, 6.45) is 3.81. The number of amides is 1. The number of nitrogens with zero attached hydrogens (tertiary/aromatic N) is 3. The maximum atomic E-state index is 13.3. The molecule has 4 rings (SSSR count). The van der Waals surface area contributed by atoms with Crippen LogP contribution in [0.4, 0.5) is 5.69 Å². The fourth-order valence-electron chi connectivity index (χ4n) is 3.29. The Balaban J connectivity index is 1.84. The average Bonchev–Trinajstić information content (AvgIpc) is 3.33. The Kier molecular flexibility index (Phi) is 4.99. The second-order valence-electron chi connectivity index (χ2n) is 6.99. The molecule has 0 spiro atoms. The van der Waals surface area contributed by atoms with Crippen molar-refractivity contribution in [2.45, 2.75) is 20.8 Å². The van der Waals surface area contributed by atoms with Crippen LogP contribution < -0.4 is 5.32 Å². The monoisotopic (exact) mass is 404 g/mol. The third-order valence-electron chi connectivity index (χ3n) is 4.91. The molecule has 0 aliphatic heterocycles. The molecule has 0 bridgehead atoms. The summed E-state index contributed by atoms with van der Waals surface area (Å²) in [4.78, 5) is 13.3. The van der Waals surface area contributed by atoms with E-state index in [-0.39, 0.29) is 5.91 Å². The number of aromatic nitrogens is 3. The molecule has 2 heterocycles. The lowest BCUT2D eigenvalue weighted by Crippen LogP contribution is -2.16. The molecule has 0 unspecified atom stereocenters. The minimum atomic E-state index is -0.227. The minimum Gasteiger partial charge on any atom is -0.322 e. The Morgan fingerprint density at radius 3 is 2.34 bits per heavy atom. The molecular weight excluding hydrogens is 384 g/mol. The summed E-state index contributed by atoms with van der Waals surface area (Å²) < 4.78 is 3.70. The summed E-state index contributed by atoms with van der Waals surface area (Å²) in [5.41, 5.74) is 4.72. The molecule has 1 N–H and O–H groups in total. The van der Waals surface area contributed by atoms with Gasteiger partial charge in [-0.25, -0.2) is 4.68 Å². The van der Waals surface area contributed by atoms with Crippen molar-refractivity contribution in [2.75, 3.05) is 5.32 Å². The summed E-state index contributed by atoms with van der Waals surface area (Å²) >= 11 is 6.21. The van der Waals surface area contributed by atoms with Crippen molar-refractivity contribution in [1.29, 1.82) is 0 Å². The fourth-order valence-corrected chi connectivity index (χ4v) is 3.46. The van der Waals surface area contributed by atoms with Crippen LogP contribution in [0.5, 0.6) is 0 Å². The zero-order chi connectivity index (χ0) is 20.5. The number of nitrogens with one attached hydrogen (secondary N) is 1. The van der Waals surface area contributed by atoms with Gasteiger partial charge in [-0.15, -0.1) is 0 Å². The molecular formula is C23H21ClN4O. The molecule has 0 aliphatic rings. The van der Waals surface area contributed by atoms with E-state index in [0.717, 1.165) is 16.8 Å². The lowest BCUT2D eigenvalue weighted by atomic mass is 10.1. The van der Waals surface area contributed by atoms with Gasteiger partial charge in [-0.2, -0.15) is 5.10 Å². The second-order valence-corrected chi connectivity index (χ2v) is 7.40. The molecule has 1 amide bonds. The van der Waals surface area contributed by atoms with E-state index in [1.54, 1.807) is 10.7 Å². The van der Waals surface area contributed by atoms with Crippen molar-refractivity contribution in [1.82, 2.24) is 14.3 Å². The number of carbonyl (C=O) groups is 1. The molecule has 0 fully saturated rings. The van der Waals surface area contributed by atoms with E-state index in [1.807, 2.05) is 86.3 Å². The topological polar surface area (TPSA) is 51.9 Å². The summed E-state index contributed by atoms with van der Waals surface area (Å²) in [6.45, 7) is 5.77. The first kappa shape index (κ1) is 19.0. The van der Waals surface area contributed by atoms with Crippen molar-refractivity contribution >= 4 is 23.2 Å². The van der Waals surface area contributed by atoms with E-state index in [1.165, 1.54) is 0 Å². The lowest BCUT2D eigenvalue weighted by Gasteiger charge is -2.13. The molecule has 29 heavy (non-hydrogen) atoms. The number of rotatable bonds is 4. The van der Waals surface area contributed by atoms with Gasteiger partial charge in [0, 0.05) is 23.1 Å². The number of hydrogen-bond acceptors (Lipinski definition) is 2. The minimum absolute atomic E-state index is 0.227. The van der Waals surface area contributed by atoms with Crippen LogP contribution in [-0.4, -0.2) is 20.3 Å². The van der Waals surface area contributed by atoms with Crippen molar-refractivity contribution in [3.05, 3.63) is 94.4 Å². The first-order chi connectivity index (χ1) is 14.0. The molecule has 6 heteroatoms. The molecule has 5 nitrogen and oxygen atoms in total. The summed E-state index contributed by atoms with van der Waals surface area (Å²) in [7, 11) is 0. The SMILES string of the molecule is Cc1ccc(-n2nc(C)c(C(=O)Nc3cccc(Cl)c3C)c2-n2cccc2)cc1. The Bertz CT molecular complexity index is 1170. The smallest absolute Gasteiger partial charge is 0.261 e. The van der Waals surface area contributed by atoms with Gasteiger partial charge < -0.3 is 9.88 Å². The van der Waals surface area contributed by atoms with Crippen LogP contribution in [0.25, 0.3) is 11.5 Å². The van der Waals surface area contributed by atoms with Gasteiger partial charge in [-0.3, -0.25) is 4.79 Å². The molecule has 0 atom stereocenters. The number of hydrogen-bond donors (Lipinski definition) is 1. The third-order valence-corrected chi connectivity index (χ3v) is 5.32. The second kappa shape index (κ2) is 7.60. The molecule has 0 saturated heterocycles. The van der Waals surface area contributed by atoms with Crippen molar-refractivity contribution < 1.29 is 4.79 Å². The van der Waals surface area contributed by atoms with Gasteiger partial charge in [0.15, 0.2) is 5.82 Å². The standard InChI is InChI=1S/C23H21ClN4O/c1-15-9-11-18(12-10-15)28-23(27-13-4-5-14-27)21(17(3)26-28)22(29)25-20-8-6-7-19(24)16(20)2/h4-14H,1-3H3,(H,25,29). The van der Waals surface area contributed by atoms with Gasteiger partial charge >= 0.3 is 0 Å². The van der Waals surface area contributed by atoms with Gasteiger partial charge in [0.05, 0.1) is 11.4 Å². The molecule has 2 aromatic carbocycles. The Morgan fingerprint density at radius 2 is 1.66 bits per heavy atom. The van der Waals surface area contributed by atoms with E-state index in [9.17, 15) is 4.79 Å². The quantitative estimate of drug-likeness (QED) is 0.488. The van der Waals surface area contributed by atoms with E-state index < -0.39 is 0 Å². The zero-order valence-electron chi connectivity index (χ0n) is 16.5. The highest BCUT2D eigenvalue weighted by atomic mass is 35.5. The predicted molar refractivity (Wildman–Crippen MR) is 117 cm³/mol. The van der Waals surface area contributed by atoms with Gasteiger partial charge in [0.2, 0.25) is 0 Å². The normalized spacial score (nSPS) is 10.9. The van der Waals surface area contributed by atoms with Gasteiger partial charge in [-0.05, 0) is 62.7 Å². The highest BCUT2D eigenvalue weighted by Crippen LogP contribution is 2.27. The van der Waals surface area contributed by atoms with Crippen LogP contribution >= 0.6 is 11.6 Å². The summed E-state index contributed by atoms with van der Waals surface area (Å²) in [6, 6.07) is 17.4. The zero-order valence-corrected chi connectivity index (χ0v) is 17.2. The van der Waals surface area contributed by atoms with E-state index in [2.05, 4.69) is 10.4 Å². The molecule has 0 radical (unpaired) electrons. The van der Waals surface area contributed by atoms with E-state index >= 15 is 0 Å². The van der Waals surface area contributed by atoms with Gasteiger partial charge in [-0.1, -0.05) is 35.4 Å². The highest BCUT2D eigenvalue weighted by molar-refractivity contribution is 6.31. The summed E-state index contributed by atoms with van der Waals surface area (Å²) in [5, 5.41) is 8.28. The molecule has 0 saturated carbocycles. The molecule has 4 aromatic rings. The van der Waals surface area contributed by atoms with Crippen LogP contribution in [0.1, 0.15) is 27.2 Å². The van der Waals surface area contributed by atoms with Crippen LogP contribution in [0.15, 0.2) is 67.0 Å². The molecule has 0 aliphatic carbocycles. The number of halogens is 1. The number of benzene rings is 2. The maximum Gasteiger partial charge on any atom is 0.261 e. The Hall–Kier alpha value is -3.31. The first-order valence-electron chi connectivity index (χ1n) is 9.32. The molecule has 146 valence electrons. The van der Waals surface area contributed by atoms with Gasteiger partial charge in [0.25, 0.3) is 5.91 Å².